The van der Waals surface area contributed by atoms with E-state index in [9.17, 15) is 4.79 Å². The molecule has 0 bridgehead atoms. The highest BCUT2D eigenvalue weighted by molar-refractivity contribution is 7.99. The number of thioether (sulfide) groups is 1. The Morgan fingerprint density at radius 1 is 1.46 bits per heavy atom. The molecule has 13 heavy (non-hydrogen) atoms. The number of Topliss-reactive ketones (excluding diaryl/α,β-unsaturated/α-hetero) is 1. The van der Waals surface area contributed by atoms with Crippen LogP contribution >= 0.6 is 11.8 Å². The highest BCUT2D eigenvalue weighted by Crippen LogP contribution is 2.25. The molecular formula is C10H12O2S. The van der Waals surface area contributed by atoms with Gasteiger partial charge in [0.05, 0.1) is 0 Å². The van der Waals surface area contributed by atoms with E-state index in [1.165, 1.54) is 18.7 Å². The Morgan fingerprint density at radius 3 is 2.62 bits per heavy atom. The topological polar surface area (TPSA) is 37.3 Å². The highest BCUT2D eigenvalue weighted by atomic mass is 32.2. The van der Waals surface area contributed by atoms with Crippen LogP contribution in [0.4, 0.5) is 0 Å². The lowest BCUT2D eigenvalue weighted by Gasteiger charge is -2.07. The van der Waals surface area contributed by atoms with Crippen molar-refractivity contribution in [2.75, 3.05) is 0 Å². The van der Waals surface area contributed by atoms with E-state index in [4.69, 9.17) is 5.11 Å². The zero-order valence-corrected chi connectivity index (χ0v) is 8.47. The van der Waals surface area contributed by atoms with E-state index in [0.29, 0.717) is 5.56 Å². The Morgan fingerprint density at radius 2 is 2.08 bits per heavy atom. The van der Waals surface area contributed by atoms with Gasteiger partial charge >= 0.3 is 0 Å². The molecule has 1 N–H and O–H groups in total. The van der Waals surface area contributed by atoms with Crippen molar-refractivity contribution in [3.05, 3.63) is 29.8 Å². The van der Waals surface area contributed by atoms with Gasteiger partial charge in [0.1, 0.15) is 5.44 Å². The Balaban J connectivity index is 2.98. The second-order valence-corrected chi connectivity index (χ2v) is 4.13. The first-order valence-corrected chi connectivity index (χ1v) is 4.94. The molecule has 0 saturated heterocycles. The second-order valence-electron chi connectivity index (χ2n) is 2.77. The second kappa shape index (κ2) is 4.44. The number of carbonyl (C=O) groups is 1. The molecule has 1 aromatic rings. The predicted molar refractivity (Wildman–Crippen MR) is 54.0 cm³/mol. The molecular weight excluding hydrogens is 184 g/mol. The molecule has 1 rings (SSSR count). The quantitative estimate of drug-likeness (QED) is 0.458. The number of aliphatic hydroxyl groups is 1. The molecule has 0 heterocycles. The molecule has 0 spiro atoms. The molecule has 70 valence electrons. The molecule has 0 aliphatic heterocycles. The average molecular weight is 196 g/mol. The number of hydrogen-bond donors (Lipinski definition) is 1. The molecule has 2 nitrogen and oxygen atoms in total. The van der Waals surface area contributed by atoms with Crippen LogP contribution in [0.1, 0.15) is 24.2 Å². The largest absolute Gasteiger partial charge is 0.382 e. The summed E-state index contributed by atoms with van der Waals surface area (Å²) in [4.78, 5) is 12.0. The lowest BCUT2D eigenvalue weighted by Crippen LogP contribution is -1.98. The molecule has 3 heteroatoms. The lowest BCUT2D eigenvalue weighted by atomic mass is 10.1. The molecule has 1 atom stereocenters. The van der Waals surface area contributed by atoms with Crippen LogP contribution in [0.3, 0.4) is 0 Å². The zero-order valence-electron chi connectivity index (χ0n) is 7.65. The number of carbonyl (C=O) groups excluding carboxylic acids is 1. The maximum absolute atomic E-state index is 11.2. The van der Waals surface area contributed by atoms with Crippen molar-refractivity contribution in [3.8, 4) is 0 Å². The first kappa shape index (κ1) is 10.3. The van der Waals surface area contributed by atoms with Gasteiger partial charge in [-0.15, -0.1) is 0 Å². The van der Waals surface area contributed by atoms with Gasteiger partial charge in [0.15, 0.2) is 5.78 Å². The predicted octanol–water partition coefficient (Wildman–Crippen LogP) is 2.32. The van der Waals surface area contributed by atoms with Crippen LogP contribution < -0.4 is 0 Å². The molecule has 1 unspecified atom stereocenters. The first-order valence-electron chi connectivity index (χ1n) is 4.06. The molecule has 0 saturated carbocycles. The van der Waals surface area contributed by atoms with E-state index < -0.39 is 5.44 Å². The van der Waals surface area contributed by atoms with Crippen molar-refractivity contribution in [1.29, 1.82) is 0 Å². The van der Waals surface area contributed by atoms with Gasteiger partial charge in [0.2, 0.25) is 0 Å². The number of benzene rings is 1. The minimum absolute atomic E-state index is 0.0313. The summed E-state index contributed by atoms with van der Waals surface area (Å²) in [5, 5.41) is 9.16. The fraction of sp³-hybridized carbons (Fsp3) is 0.300. The van der Waals surface area contributed by atoms with Crippen molar-refractivity contribution in [3.63, 3.8) is 0 Å². The summed E-state index contributed by atoms with van der Waals surface area (Å²) in [6, 6.07) is 7.29. The maximum atomic E-state index is 11.2. The van der Waals surface area contributed by atoms with Crippen molar-refractivity contribution >= 4 is 17.5 Å². The Bertz CT molecular complexity index is 308. The fourth-order valence-corrected chi connectivity index (χ4v) is 1.91. The molecule has 0 aliphatic rings. The van der Waals surface area contributed by atoms with Gasteiger partial charge < -0.3 is 5.11 Å². The smallest absolute Gasteiger partial charge is 0.160 e. The fourth-order valence-electron chi connectivity index (χ4n) is 1.04. The first-order chi connectivity index (χ1) is 6.11. The number of rotatable bonds is 3. The van der Waals surface area contributed by atoms with E-state index >= 15 is 0 Å². The van der Waals surface area contributed by atoms with Crippen LogP contribution in [0.15, 0.2) is 29.2 Å². The third-order valence-corrected chi connectivity index (χ3v) is 2.51. The van der Waals surface area contributed by atoms with Crippen LogP contribution in [0.25, 0.3) is 0 Å². The van der Waals surface area contributed by atoms with Gasteiger partial charge in [-0.1, -0.05) is 30.0 Å². The summed E-state index contributed by atoms with van der Waals surface area (Å²) < 4.78 is 0. The lowest BCUT2D eigenvalue weighted by molar-refractivity contribution is 0.101. The van der Waals surface area contributed by atoms with Crippen LogP contribution in [0.2, 0.25) is 0 Å². The monoisotopic (exact) mass is 196 g/mol. The SMILES string of the molecule is CC(=O)c1ccccc1SC(C)O. The van der Waals surface area contributed by atoms with Gasteiger partial charge in [-0.05, 0) is 19.9 Å². The average Bonchev–Trinajstić information content (AvgIpc) is 2.03. The van der Waals surface area contributed by atoms with Crippen molar-refractivity contribution < 1.29 is 9.90 Å². The standard InChI is InChI=1S/C10H12O2S/c1-7(11)9-5-3-4-6-10(9)13-8(2)12/h3-6,8,12H,1-2H3. The van der Waals surface area contributed by atoms with Gasteiger partial charge in [-0.3, -0.25) is 4.79 Å². The van der Waals surface area contributed by atoms with Gasteiger partial charge in [-0.25, -0.2) is 0 Å². The van der Waals surface area contributed by atoms with Gasteiger partial charge in [0, 0.05) is 10.5 Å². The molecule has 0 amide bonds. The Hall–Kier alpha value is -0.800. The highest BCUT2D eigenvalue weighted by Gasteiger charge is 2.08. The summed E-state index contributed by atoms with van der Waals surface area (Å²) in [7, 11) is 0. The summed E-state index contributed by atoms with van der Waals surface area (Å²) in [6.45, 7) is 3.21. The van der Waals surface area contributed by atoms with E-state index in [-0.39, 0.29) is 5.78 Å². The van der Waals surface area contributed by atoms with E-state index in [2.05, 4.69) is 0 Å². The minimum Gasteiger partial charge on any atom is -0.382 e. The number of hydrogen-bond acceptors (Lipinski definition) is 3. The van der Waals surface area contributed by atoms with Crippen LogP contribution in [-0.2, 0) is 0 Å². The summed E-state index contributed by atoms with van der Waals surface area (Å²) >= 11 is 1.29. The molecule has 1 aromatic carbocycles. The third kappa shape index (κ3) is 2.86. The minimum atomic E-state index is -0.486. The van der Waals surface area contributed by atoms with Crippen molar-refractivity contribution in [2.45, 2.75) is 24.2 Å². The summed E-state index contributed by atoms with van der Waals surface area (Å²) in [5.74, 6) is 0.0313. The molecule has 0 aromatic heterocycles. The Labute approximate surface area is 82.0 Å². The normalized spacial score (nSPS) is 12.5. The van der Waals surface area contributed by atoms with Gasteiger partial charge in [0.25, 0.3) is 0 Å². The maximum Gasteiger partial charge on any atom is 0.160 e. The van der Waals surface area contributed by atoms with Crippen molar-refractivity contribution in [2.24, 2.45) is 0 Å². The van der Waals surface area contributed by atoms with E-state index in [1.54, 1.807) is 13.0 Å². The molecule has 0 aliphatic carbocycles. The van der Waals surface area contributed by atoms with Crippen LogP contribution in [-0.4, -0.2) is 16.3 Å². The molecule has 0 fully saturated rings. The van der Waals surface area contributed by atoms with Crippen LogP contribution in [0, 0.1) is 0 Å². The van der Waals surface area contributed by atoms with Crippen LogP contribution in [0.5, 0.6) is 0 Å². The van der Waals surface area contributed by atoms with Crippen molar-refractivity contribution in [1.82, 2.24) is 0 Å². The number of aliphatic hydroxyl groups excluding tert-OH is 1. The summed E-state index contributed by atoms with van der Waals surface area (Å²) in [6.07, 6.45) is 0. The van der Waals surface area contributed by atoms with Gasteiger partial charge in [-0.2, -0.15) is 0 Å². The Kier molecular flexibility index (Phi) is 3.51. The third-order valence-electron chi connectivity index (χ3n) is 1.56. The van der Waals surface area contributed by atoms with E-state index in [1.807, 2.05) is 18.2 Å². The molecule has 0 radical (unpaired) electrons. The summed E-state index contributed by atoms with van der Waals surface area (Å²) in [5.41, 5.74) is 0.189. The van der Waals surface area contributed by atoms with E-state index in [0.717, 1.165) is 4.90 Å². The number of ketones is 1. The zero-order chi connectivity index (χ0) is 9.84.